The second kappa shape index (κ2) is 27.4. The largest absolute Gasteiger partial charge is 0.506 e. The molecular weight excluding hydrogens is 1350 g/mol. The van der Waals surface area contributed by atoms with Crippen molar-refractivity contribution in [2.45, 2.75) is 108 Å². The Balaban J connectivity index is 1.04. The van der Waals surface area contributed by atoms with E-state index in [1.54, 1.807) is 50.4 Å². The maximum atomic E-state index is 15.2. The summed E-state index contributed by atoms with van der Waals surface area (Å²) < 4.78 is 38.2. The Labute approximate surface area is 564 Å². The fourth-order valence-corrected chi connectivity index (χ4v) is 16.0. The molecule has 0 saturated carbocycles. The van der Waals surface area contributed by atoms with Crippen LogP contribution in [-0.4, -0.2) is 196 Å². The number of hydrogen-bond acceptors (Lipinski definition) is 30. The first kappa shape index (κ1) is 67.2. The number of pyridine rings is 1. The number of nitrogens with zero attached hydrogens (tertiary/aromatic N) is 8. The summed E-state index contributed by atoms with van der Waals surface area (Å²) in [6, 6.07) is 0.774. The van der Waals surface area contributed by atoms with E-state index in [0.29, 0.717) is 10.3 Å². The lowest BCUT2D eigenvalue weighted by Crippen LogP contribution is -2.62. The number of aliphatic hydroxyl groups is 3. The summed E-state index contributed by atoms with van der Waals surface area (Å²) in [6.45, 7) is 3.94. The van der Waals surface area contributed by atoms with Crippen LogP contribution < -0.4 is 26.6 Å². The van der Waals surface area contributed by atoms with E-state index in [0.717, 1.165) is 56.7 Å². The zero-order valence-electron chi connectivity index (χ0n) is 51.8. The SMILES string of the molecule is CO/C(C)=C1/NC(=O)[C@H]([C@@H](C)O)NC(=O)c2csc(n2)-c2cc(O)c(-c3ncc(C(=O)NCCO)s3)nc2-c2csc(n2)[C@@H]2COC(=O)c3c4c5c(cccc5n3O)COC(=O)[C@@H](O[C@H]3C[C@](C)(O)[C@H](N(C)C)[C@H](C)O3)C(OC4)[C@H](NC(=O)c3csc1n3)c1ncc(s1)C(=O)N2. The molecule has 31 nitrogen and oxygen atoms in total. The molecule has 96 heavy (non-hydrogen) atoms. The van der Waals surface area contributed by atoms with E-state index in [9.17, 15) is 44.8 Å². The van der Waals surface area contributed by atoms with E-state index >= 15 is 14.4 Å². The molecule has 0 aliphatic carbocycles. The molecule has 1 unspecified atom stereocenters. The predicted molar refractivity (Wildman–Crippen MR) is 344 cm³/mol. The molecule has 1 aromatic carbocycles. The quantitative estimate of drug-likeness (QED) is 0.0557. The molecule has 1 fully saturated rings. The van der Waals surface area contributed by atoms with Gasteiger partial charge in [-0.2, -0.15) is 4.73 Å². The van der Waals surface area contributed by atoms with Crippen LogP contribution in [0.2, 0.25) is 0 Å². The summed E-state index contributed by atoms with van der Waals surface area (Å²) in [6.07, 6.45) is -5.03. The van der Waals surface area contributed by atoms with Crippen LogP contribution in [0.3, 0.4) is 0 Å². The second-order valence-electron chi connectivity index (χ2n) is 23.0. The summed E-state index contributed by atoms with van der Waals surface area (Å²) in [4.78, 5) is 132. The summed E-state index contributed by atoms with van der Waals surface area (Å²) >= 11 is 4.43. The molecule has 0 spiro atoms. The van der Waals surface area contributed by atoms with E-state index in [-0.39, 0.29) is 116 Å². The van der Waals surface area contributed by atoms with Crippen molar-refractivity contribution in [3.05, 3.63) is 112 Å². The minimum Gasteiger partial charge on any atom is -0.506 e. The highest BCUT2D eigenvalue weighted by molar-refractivity contribution is 7.17. The van der Waals surface area contributed by atoms with Gasteiger partial charge in [-0.3, -0.25) is 24.0 Å². The van der Waals surface area contributed by atoms with Gasteiger partial charge in [0, 0.05) is 45.6 Å². The van der Waals surface area contributed by atoms with Crippen molar-refractivity contribution in [2.24, 2.45) is 0 Å². The zero-order valence-corrected chi connectivity index (χ0v) is 55.9. The van der Waals surface area contributed by atoms with Crippen molar-refractivity contribution in [3.63, 3.8) is 0 Å². The van der Waals surface area contributed by atoms with Crippen LogP contribution in [0.5, 0.6) is 5.75 Å². The maximum absolute atomic E-state index is 15.2. The van der Waals surface area contributed by atoms with Gasteiger partial charge >= 0.3 is 11.9 Å². The average Bonchev–Trinajstić information content (AvgIpc) is 1.55. The van der Waals surface area contributed by atoms with Crippen LogP contribution in [0.15, 0.2) is 58.6 Å². The number of amides is 5. The van der Waals surface area contributed by atoms with E-state index in [2.05, 4.69) is 46.5 Å². The van der Waals surface area contributed by atoms with E-state index in [4.69, 9.17) is 38.4 Å². The number of esters is 2. The van der Waals surface area contributed by atoms with Gasteiger partial charge in [0.2, 0.25) is 5.91 Å². The molecule has 10 atom stereocenters. The number of methoxy groups -OCH3 is 1. The molecule has 12 rings (SSSR count). The third-order valence-electron chi connectivity index (χ3n) is 16.1. The lowest BCUT2D eigenvalue weighted by molar-refractivity contribution is -0.280. The number of allylic oxidation sites excluding steroid dienone is 1. The molecule has 11 heterocycles. The molecule has 4 aliphatic rings. The predicted octanol–water partition coefficient (Wildman–Crippen LogP) is 3.88. The van der Waals surface area contributed by atoms with Crippen LogP contribution in [0.25, 0.3) is 49.3 Å². The zero-order chi connectivity index (χ0) is 68.2. The standard InChI is InChI=1S/C60H61N13O18S5/c1-23(75)39-52(81)70-40(24(2)86-7)57-67-32(22-94-57)49(78)71-43-45-46(91-37-14-60(4,84)47(72(5)6)25(3)90-37)59(83)88-17-26-9-8-10-33-38(26)28(18-87-45)44(73(33)85)58(82)89-19-29(64-51(80)36-16-63-56(43)96-36)54-65-30(20-93-54)41-27(53-66-31(21-92-53)48(77)69-39)13-34(76)42(68-41)55-62-15-35(95-55)50(79)61-11-12-74/h8-10,13,15-16,20-23,25,29,37,39,43,45-47,74-76,84-85H,11-12,14,17-19H2,1-7H3,(H,61,79)(H,64,80)(H,69,77)(H,70,81)(H,71,78)/b40-24+/t23-,25+,29+,37+,39+,43+,45?,46+,47-,60+/m1/s1. The number of thiazole rings is 5. The molecule has 4 aliphatic heterocycles. The van der Waals surface area contributed by atoms with Gasteiger partial charge in [0.1, 0.15) is 118 Å². The molecule has 8 aromatic rings. The van der Waals surface area contributed by atoms with Gasteiger partial charge in [0.25, 0.3) is 23.6 Å². The monoisotopic (exact) mass is 1410 g/mol. The first-order chi connectivity index (χ1) is 45.9. The Kier molecular flexibility index (Phi) is 19.2. The topological polar surface area (TPSA) is 422 Å². The number of benzene rings is 1. The molecular formula is C60H61N13O18S5. The van der Waals surface area contributed by atoms with Crippen LogP contribution in [0.4, 0.5) is 0 Å². The highest BCUT2D eigenvalue weighted by Gasteiger charge is 2.50. The minimum atomic E-state index is -1.91. The van der Waals surface area contributed by atoms with Gasteiger partial charge in [-0.15, -0.1) is 56.7 Å². The fraction of sp³-hybridized carbons (Fsp3) is 0.383. The number of cyclic esters (lactones) is 2. The second-order valence-corrected chi connectivity index (χ2v) is 27.7. The highest BCUT2D eigenvalue weighted by Crippen LogP contribution is 2.43. The van der Waals surface area contributed by atoms with Crippen LogP contribution in [-0.2, 0) is 51.2 Å². The fourth-order valence-electron chi connectivity index (χ4n) is 11.7. The van der Waals surface area contributed by atoms with Crippen molar-refractivity contribution >= 4 is 115 Å². The Bertz CT molecular complexity index is 4420. The number of ether oxygens (including phenoxy) is 6. The molecule has 36 heteroatoms. The number of carbonyl (C=O) groups is 7. The van der Waals surface area contributed by atoms with Gasteiger partial charge in [-0.1, -0.05) is 12.1 Å². The molecule has 504 valence electrons. The molecule has 10 N–H and O–H groups in total. The third-order valence-corrected chi connectivity index (χ3v) is 20.9. The highest BCUT2D eigenvalue weighted by atomic mass is 32.1. The number of likely N-dealkylation sites (N-methyl/N-ethyl adjacent to an activating group) is 1. The van der Waals surface area contributed by atoms with Gasteiger partial charge in [-0.05, 0) is 59.5 Å². The van der Waals surface area contributed by atoms with E-state index < -0.39 is 133 Å². The molecule has 7 aromatic heterocycles. The Morgan fingerprint density at radius 1 is 0.896 bits per heavy atom. The van der Waals surface area contributed by atoms with Crippen molar-refractivity contribution < 1.29 is 87.6 Å². The summed E-state index contributed by atoms with van der Waals surface area (Å²) in [7, 11) is 4.85. The Morgan fingerprint density at radius 2 is 1.64 bits per heavy atom. The average molecular weight is 1410 g/mol. The number of aromatic nitrogens is 7. The first-order valence-electron chi connectivity index (χ1n) is 29.5. The smallest absolute Gasteiger partial charge is 0.358 e. The number of rotatable bonds is 9. The van der Waals surface area contributed by atoms with Crippen LogP contribution in [0.1, 0.15) is 123 Å². The van der Waals surface area contributed by atoms with Crippen molar-refractivity contribution in [1.82, 2.24) is 66.1 Å². The number of carbonyl (C=O) groups excluding carboxylic acids is 7. The summed E-state index contributed by atoms with van der Waals surface area (Å²) in [5.74, 6) is -6.76. The maximum Gasteiger partial charge on any atom is 0.358 e. The summed E-state index contributed by atoms with van der Waals surface area (Å²) in [5.41, 5.74) is -2.09. The van der Waals surface area contributed by atoms with Gasteiger partial charge < -0.3 is 85.5 Å². The van der Waals surface area contributed by atoms with E-state index in [1.165, 1.54) is 56.2 Å². The Morgan fingerprint density at radius 3 is 2.36 bits per heavy atom. The van der Waals surface area contributed by atoms with Gasteiger partial charge in [-0.25, -0.2) is 39.5 Å². The van der Waals surface area contributed by atoms with Crippen LogP contribution >= 0.6 is 56.7 Å². The number of fused-ring (bicyclic) bond motifs is 15. The molecule has 1 saturated heterocycles. The lowest BCUT2D eigenvalue weighted by Gasteiger charge is -2.48. The number of hydrogen-bond donors (Lipinski definition) is 10. The lowest BCUT2D eigenvalue weighted by atomic mass is 9.85. The van der Waals surface area contributed by atoms with Gasteiger partial charge in [0.05, 0.1) is 62.1 Å². The number of aliphatic hydroxyl groups excluding tert-OH is 2. The van der Waals surface area contributed by atoms with Crippen molar-refractivity contribution in [1.29, 1.82) is 0 Å². The minimum absolute atomic E-state index is 0.00898. The van der Waals surface area contributed by atoms with Crippen LogP contribution in [0, 0.1) is 0 Å². The number of nitrogens with one attached hydrogen (secondary N) is 5. The van der Waals surface area contributed by atoms with E-state index in [1.807, 2.05) is 0 Å². The molecule has 0 radical (unpaired) electrons. The van der Waals surface area contributed by atoms with Crippen molar-refractivity contribution in [2.75, 3.05) is 41.0 Å². The van der Waals surface area contributed by atoms with Gasteiger partial charge in [0.15, 0.2) is 18.1 Å². The third kappa shape index (κ3) is 13.2. The summed E-state index contributed by atoms with van der Waals surface area (Å²) in [5, 5.41) is 74.6. The molecule has 12 bridgehead atoms. The number of aromatic hydroxyl groups is 1. The first-order valence-corrected chi connectivity index (χ1v) is 33.8. The normalized spacial score (nSPS) is 24.4. The Hall–Kier alpha value is -8.79. The molecule has 5 amide bonds. The van der Waals surface area contributed by atoms with Crippen molar-refractivity contribution in [3.8, 4) is 38.4 Å².